The van der Waals surface area contributed by atoms with Crippen molar-refractivity contribution < 1.29 is 9.18 Å². The summed E-state index contributed by atoms with van der Waals surface area (Å²) in [5, 5.41) is 6.22. The second-order valence-electron chi connectivity index (χ2n) is 5.20. The van der Waals surface area contributed by atoms with Crippen LogP contribution >= 0.6 is 12.4 Å². The zero-order chi connectivity index (χ0) is 13.8. The molecular formula is C15H22ClFN2O. The van der Waals surface area contributed by atoms with E-state index in [1.54, 1.807) is 12.1 Å². The van der Waals surface area contributed by atoms with Crippen molar-refractivity contribution in [3.63, 3.8) is 0 Å². The molecule has 2 unspecified atom stereocenters. The van der Waals surface area contributed by atoms with Crippen LogP contribution in [-0.2, 0) is 4.79 Å². The molecule has 1 aromatic carbocycles. The molecule has 1 aliphatic rings. The normalized spacial score (nSPS) is 21.8. The van der Waals surface area contributed by atoms with Gasteiger partial charge in [0.2, 0.25) is 5.91 Å². The molecule has 1 aliphatic carbocycles. The van der Waals surface area contributed by atoms with Crippen LogP contribution in [0, 0.1) is 11.7 Å². The number of halogens is 2. The van der Waals surface area contributed by atoms with Crippen LogP contribution in [0.25, 0.3) is 0 Å². The number of benzene rings is 1. The minimum atomic E-state index is -0.232. The number of hydrogen-bond donors (Lipinski definition) is 2. The Kier molecular flexibility index (Phi) is 6.43. The number of nitrogens with one attached hydrogen (secondary N) is 2. The molecule has 20 heavy (non-hydrogen) atoms. The number of rotatable bonds is 6. The van der Waals surface area contributed by atoms with E-state index in [1.807, 2.05) is 13.8 Å². The van der Waals surface area contributed by atoms with Gasteiger partial charge in [-0.05, 0) is 43.5 Å². The van der Waals surface area contributed by atoms with E-state index in [0.29, 0.717) is 6.54 Å². The summed E-state index contributed by atoms with van der Waals surface area (Å²) < 4.78 is 12.8. The van der Waals surface area contributed by atoms with Crippen LogP contribution in [0.15, 0.2) is 24.3 Å². The second-order valence-corrected chi connectivity index (χ2v) is 5.20. The predicted molar refractivity (Wildman–Crippen MR) is 80.6 cm³/mol. The van der Waals surface area contributed by atoms with Crippen molar-refractivity contribution in [2.45, 2.75) is 32.2 Å². The fourth-order valence-corrected chi connectivity index (χ4v) is 2.37. The molecule has 0 bridgehead atoms. The SMILES string of the molecule is CCN[C@H](C)CNC(=O)C1CC1c1ccc(F)cc1.Cl. The number of carbonyl (C=O) groups excluding carboxylic acids is 1. The molecule has 112 valence electrons. The van der Waals surface area contributed by atoms with Gasteiger partial charge >= 0.3 is 0 Å². The fraction of sp³-hybridized carbons (Fsp3) is 0.533. The number of amides is 1. The first kappa shape index (κ1) is 16.9. The van der Waals surface area contributed by atoms with Gasteiger partial charge in [0.15, 0.2) is 0 Å². The Balaban J connectivity index is 0.00000200. The highest BCUT2D eigenvalue weighted by molar-refractivity contribution is 5.85. The molecule has 2 rings (SSSR count). The summed E-state index contributed by atoms with van der Waals surface area (Å²) >= 11 is 0. The number of hydrogen-bond acceptors (Lipinski definition) is 2. The lowest BCUT2D eigenvalue weighted by Crippen LogP contribution is -2.39. The third kappa shape index (κ3) is 4.46. The molecule has 2 N–H and O–H groups in total. The monoisotopic (exact) mass is 300 g/mol. The van der Waals surface area contributed by atoms with Gasteiger partial charge in [-0.3, -0.25) is 4.79 Å². The standard InChI is InChI=1S/C15H21FN2O.ClH/c1-3-17-10(2)9-18-15(19)14-8-13(14)11-4-6-12(16)7-5-11;/h4-7,10,13-14,17H,3,8-9H2,1-2H3,(H,18,19);1H/t10-,13?,14?;/m1./s1. The van der Waals surface area contributed by atoms with Gasteiger partial charge in [-0.25, -0.2) is 4.39 Å². The molecule has 1 aromatic rings. The minimum absolute atomic E-state index is 0. The second kappa shape index (κ2) is 7.60. The van der Waals surface area contributed by atoms with E-state index in [2.05, 4.69) is 10.6 Å². The first-order chi connectivity index (χ1) is 9.11. The van der Waals surface area contributed by atoms with Crippen LogP contribution in [0.1, 0.15) is 31.7 Å². The van der Waals surface area contributed by atoms with E-state index >= 15 is 0 Å². The molecule has 3 atom stereocenters. The van der Waals surface area contributed by atoms with Crippen molar-refractivity contribution in [2.24, 2.45) is 5.92 Å². The molecule has 0 aliphatic heterocycles. The maximum absolute atomic E-state index is 12.8. The van der Waals surface area contributed by atoms with Crippen LogP contribution in [0.2, 0.25) is 0 Å². The first-order valence-electron chi connectivity index (χ1n) is 6.88. The maximum atomic E-state index is 12.8. The zero-order valence-electron chi connectivity index (χ0n) is 11.9. The quantitative estimate of drug-likeness (QED) is 0.847. The van der Waals surface area contributed by atoms with Crippen LogP contribution in [-0.4, -0.2) is 25.0 Å². The van der Waals surface area contributed by atoms with Crippen LogP contribution in [0.5, 0.6) is 0 Å². The Hall–Kier alpha value is -1.13. The van der Waals surface area contributed by atoms with E-state index in [9.17, 15) is 9.18 Å². The summed E-state index contributed by atoms with van der Waals surface area (Å²) in [6.07, 6.45) is 0.868. The number of carbonyl (C=O) groups is 1. The Labute approximate surface area is 125 Å². The molecule has 0 aromatic heterocycles. The molecule has 5 heteroatoms. The Morgan fingerprint density at radius 2 is 2.05 bits per heavy atom. The molecule has 1 amide bonds. The summed E-state index contributed by atoms with van der Waals surface area (Å²) in [6, 6.07) is 6.74. The summed E-state index contributed by atoms with van der Waals surface area (Å²) in [5.74, 6) is 0.193. The van der Waals surface area contributed by atoms with Crippen molar-refractivity contribution in [2.75, 3.05) is 13.1 Å². The van der Waals surface area contributed by atoms with Gasteiger partial charge in [0.25, 0.3) is 0 Å². The summed E-state index contributed by atoms with van der Waals surface area (Å²) in [5.41, 5.74) is 1.06. The molecule has 0 spiro atoms. The fourth-order valence-electron chi connectivity index (χ4n) is 2.37. The van der Waals surface area contributed by atoms with Crippen LogP contribution < -0.4 is 10.6 Å². The van der Waals surface area contributed by atoms with Gasteiger partial charge in [-0.2, -0.15) is 0 Å². The van der Waals surface area contributed by atoms with E-state index in [4.69, 9.17) is 0 Å². The van der Waals surface area contributed by atoms with Crippen molar-refractivity contribution >= 4 is 18.3 Å². The van der Waals surface area contributed by atoms with Gasteiger partial charge in [-0.15, -0.1) is 12.4 Å². The summed E-state index contributed by atoms with van der Waals surface area (Å²) in [4.78, 5) is 12.0. The van der Waals surface area contributed by atoms with Crippen molar-refractivity contribution in [3.8, 4) is 0 Å². The van der Waals surface area contributed by atoms with Crippen LogP contribution in [0.3, 0.4) is 0 Å². The third-order valence-corrected chi connectivity index (χ3v) is 3.56. The molecule has 0 saturated heterocycles. The van der Waals surface area contributed by atoms with Gasteiger partial charge in [0.05, 0.1) is 0 Å². The molecule has 1 saturated carbocycles. The third-order valence-electron chi connectivity index (χ3n) is 3.56. The van der Waals surface area contributed by atoms with Gasteiger partial charge in [0, 0.05) is 18.5 Å². The molecular weight excluding hydrogens is 279 g/mol. The van der Waals surface area contributed by atoms with Gasteiger partial charge < -0.3 is 10.6 Å². The van der Waals surface area contributed by atoms with Crippen LogP contribution in [0.4, 0.5) is 4.39 Å². The van der Waals surface area contributed by atoms with E-state index in [-0.39, 0.29) is 42.0 Å². The highest BCUT2D eigenvalue weighted by Gasteiger charge is 2.43. The molecule has 1 fully saturated rings. The zero-order valence-corrected chi connectivity index (χ0v) is 12.7. The van der Waals surface area contributed by atoms with Crippen molar-refractivity contribution in [3.05, 3.63) is 35.6 Å². The lowest BCUT2D eigenvalue weighted by molar-refractivity contribution is -0.122. The Morgan fingerprint density at radius 1 is 1.40 bits per heavy atom. The average molecular weight is 301 g/mol. The van der Waals surface area contributed by atoms with E-state index in [0.717, 1.165) is 18.5 Å². The molecule has 0 radical (unpaired) electrons. The van der Waals surface area contributed by atoms with E-state index < -0.39 is 0 Å². The average Bonchev–Trinajstić information content (AvgIpc) is 3.17. The molecule has 0 heterocycles. The van der Waals surface area contributed by atoms with Crippen molar-refractivity contribution in [1.82, 2.24) is 10.6 Å². The topological polar surface area (TPSA) is 41.1 Å². The minimum Gasteiger partial charge on any atom is -0.354 e. The highest BCUT2D eigenvalue weighted by Crippen LogP contribution is 2.47. The number of likely N-dealkylation sites (N-methyl/N-ethyl adjacent to an activating group) is 1. The largest absolute Gasteiger partial charge is 0.354 e. The predicted octanol–water partition coefficient (Wildman–Crippen LogP) is 2.47. The lowest BCUT2D eigenvalue weighted by Gasteiger charge is -2.13. The Morgan fingerprint density at radius 3 is 2.65 bits per heavy atom. The van der Waals surface area contributed by atoms with Gasteiger partial charge in [0.1, 0.15) is 5.82 Å². The highest BCUT2D eigenvalue weighted by atomic mass is 35.5. The van der Waals surface area contributed by atoms with Gasteiger partial charge in [-0.1, -0.05) is 19.1 Å². The van der Waals surface area contributed by atoms with E-state index in [1.165, 1.54) is 12.1 Å². The summed E-state index contributed by atoms with van der Waals surface area (Å²) in [6.45, 7) is 5.65. The Bertz CT molecular complexity index is 438. The lowest BCUT2D eigenvalue weighted by atomic mass is 10.1. The van der Waals surface area contributed by atoms with Crippen molar-refractivity contribution in [1.29, 1.82) is 0 Å². The smallest absolute Gasteiger partial charge is 0.223 e. The molecule has 3 nitrogen and oxygen atoms in total. The maximum Gasteiger partial charge on any atom is 0.223 e. The summed E-state index contributed by atoms with van der Waals surface area (Å²) in [7, 11) is 0. The first-order valence-corrected chi connectivity index (χ1v) is 6.88.